The van der Waals surface area contributed by atoms with E-state index in [9.17, 15) is 4.79 Å². The minimum atomic E-state index is 0.134. The zero-order chi connectivity index (χ0) is 24.4. The lowest BCUT2D eigenvalue weighted by molar-refractivity contribution is -0.697. The molecule has 0 fully saturated rings. The lowest BCUT2D eigenvalue weighted by Crippen LogP contribution is -2.32. The van der Waals surface area contributed by atoms with Gasteiger partial charge < -0.3 is 19.7 Å². The van der Waals surface area contributed by atoms with Gasteiger partial charge in [-0.15, -0.1) is 0 Å². The molecule has 0 saturated carbocycles. The Balaban J connectivity index is 1.54. The van der Waals surface area contributed by atoms with Crippen LogP contribution in [0, 0.1) is 0 Å². The van der Waals surface area contributed by atoms with Crippen molar-refractivity contribution >= 4 is 23.7 Å². The van der Waals surface area contributed by atoms with Crippen LogP contribution in [0.5, 0.6) is 0 Å². The van der Waals surface area contributed by atoms with Gasteiger partial charge in [0.15, 0.2) is 12.4 Å². The Morgan fingerprint density at radius 3 is 2.24 bits per heavy atom. The molecule has 1 heterocycles. The number of carbonyl (C=O) groups is 1. The first kappa shape index (κ1) is 27.5. The standard InChI is InChI=1S/C28H41N3O3/c1-4-33-23-24-34-22-8-18-29-28(32)9-6-5-7-19-31-20-16-26(17-21-31)11-10-25-12-14-27(15-13-25)30(2)3/h10-17,20-21H,4-9,18-19,22-24H2,1-3H3/p+1. The summed E-state index contributed by atoms with van der Waals surface area (Å²) >= 11 is 0. The van der Waals surface area contributed by atoms with Gasteiger partial charge in [-0.1, -0.05) is 24.3 Å². The van der Waals surface area contributed by atoms with Crippen molar-refractivity contribution in [3.63, 3.8) is 0 Å². The van der Waals surface area contributed by atoms with Crippen LogP contribution in [-0.4, -0.2) is 53.0 Å². The second kappa shape index (κ2) is 16.8. The van der Waals surface area contributed by atoms with Gasteiger partial charge in [-0.25, -0.2) is 4.57 Å². The van der Waals surface area contributed by atoms with Crippen molar-refractivity contribution in [3.8, 4) is 0 Å². The first-order valence-electron chi connectivity index (χ1n) is 12.4. The molecular formula is C28H42N3O3+. The third-order valence-electron chi connectivity index (χ3n) is 5.48. The molecule has 186 valence electrons. The molecule has 0 aliphatic rings. The molecule has 0 saturated heterocycles. The van der Waals surface area contributed by atoms with E-state index in [0.717, 1.165) is 38.8 Å². The van der Waals surface area contributed by atoms with Gasteiger partial charge in [0, 0.05) is 64.5 Å². The Bertz CT molecular complexity index is 833. The summed E-state index contributed by atoms with van der Waals surface area (Å²) in [5, 5.41) is 2.97. The van der Waals surface area contributed by atoms with Gasteiger partial charge in [-0.05, 0) is 49.4 Å². The SMILES string of the molecule is CCOCCOCCCNC(=O)CCCCC[n+]1ccc(C=Cc2ccc(N(C)C)cc2)cc1. The largest absolute Gasteiger partial charge is 0.379 e. The predicted octanol–water partition coefficient (Wildman–Crippen LogP) is 4.33. The summed E-state index contributed by atoms with van der Waals surface area (Å²) < 4.78 is 12.9. The number of pyridine rings is 1. The average Bonchev–Trinajstić information content (AvgIpc) is 2.85. The number of hydrogen-bond donors (Lipinski definition) is 1. The molecule has 0 atom stereocenters. The quantitative estimate of drug-likeness (QED) is 0.277. The van der Waals surface area contributed by atoms with Crippen molar-refractivity contribution in [1.82, 2.24) is 5.32 Å². The molecule has 6 nitrogen and oxygen atoms in total. The number of ether oxygens (including phenoxy) is 2. The molecule has 0 spiro atoms. The Labute approximate surface area is 205 Å². The molecule has 0 unspecified atom stereocenters. The molecule has 2 aromatic rings. The normalized spacial score (nSPS) is 11.1. The van der Waals surface area contributed by atoms with Crippen molar-refractivity contribution in [1.29, 1.82) is 0 Å². The zero-order valence-electron chi connectivity index (χ0n) is 21.2. The van der Waals surface area contributed by atoms with Crippen LogP contribution in [0.25, 0.3) is 12.2 Å². The van der Waals surface area contributed by atoms with Crippen molar-refractivity contribution in [2.75, 3.05) is 52.0 Å². The van der Waals surface area contributed by atoms with E-state index in [0.29, 0.717) is 32.8 Å². The molecule has 0 radical (unpaired) electrons. The summed E-state index contributed by atoms with van der Waals surface area (Å²) in [5.41, 5.74) is 3.58. The van der Waals surface area contributed by atoms with Crippen LogP contribution < -0.4 is 14.8 Å². The number of carbonyl (C=O) groups excluding carboxylic acids is 1. The fourth-order valence-corrected chi connectivity index (χ4v) is 3.42. The number of benzene rings is 1. The summed E-state index contributed by atoms with van der Waals surface area (Å²) in [6.07, 6.45) is 13.0. The maximum Gasteiger partial charge on any atom is 0.219 e. The molecule has 1 amide bonds. The summed E-state index contributed by atoms with van der Waals surface area (Å²) in [6, 6.07) is 12.8. The molecule has 1 aromatic carbocycles. The Morgan fingerprint density at radius 1 is 0.882 bits per heavy atom. The third-order valence-corrected chi connectivity index (χ3v) is 5.48. The van der Waals surface area contributed by atoms with Gasteiger partial charge in [0.25, 0.3) is 0 Å². The third kappa shape index (κ3) is 12.0. The molecule has 34 heavy (non-hydrogen) atoms. The highest BCUT2D eigenvalue weighted by Crippen LogP contribution is 2.14. The predicted molar refractivity (Wildman–Crippen MR) is 140 cm³/mol. The van der Waals surface area contributed by atoms with E-state index >= 15 is 0 Å². The molecule has 2 rings (SSSR count). The number of aryl methyl sites for hydroxylation is 1. The fourth-order valence-electron chi connectivity index (χ4n) is 3.42. The molecular weight excluding hydrogens is 426 g/mol. The van der Waals surface area contributed by atoms with Crippen molar-refractivity contribution in [2.45, 2.75) is 45.6 Å². The zero-order valence-corrected chi connectivity index (χ0v) is 21.2. The summed E-state index contributed by atoms with van der Waals surface area (Å²) in [5.74, 6) is 0.134. The average molecular weight is 469 g/mol. The van der Waals surface area contributed by atoms with Gasteiger partial charge >= 0.3 is 0 Å². The lowest BCUT2D eigenvalue weighted by atomic mass is 10.1. The van der Waals surface area contributed by atoms with Gasteiger partial charge in [0.05, 0.1) is 13.2 Å². The summed E-state index contributed by atoms with van der Waals surface area (Å²) in [6.45, 7) is 6.23. The topological polar surface area (TPSA) is 54.7 Å². The van der Waals surface area contributed by atoms with Crippen LogP contribution in [0.1, 0.15) is 50.2 Å². The van der Waals surface area contributed by atoms with E-state index in [1.807, 2.05) is 21.0 Å². The van der Waals surface area contributed by atoms with E-state index in [1.54, 1.807) is 0 Å². The highest BCUT2D eigenvalue weighted by molar-refractivity contribution is 5.75. The first-order valence-corrected chi connectivity index (χ1v) is 12.4. The van der Waals surface area contributed by atoms with Gasteiger partial charge in [0.2, 0.25) is 5.91 Å². The van der Waals surface area contributed by atoms with Crippen LogP contribution in [0.4, 0.5) is 5.69 Å². The summed E-state index contributed by atoms with van der Waals surface area (Å²) in [4.78, 5) is 14.0. The number of nitrogens with zero attached hydrogens (tertiary/aromatic N) is 2. The number of anilines is 1. The van der Waals surface area contributed by atoms with Crippen molar-refractivity contribution in [2.24, 2.45) is 0 Å². The van der Waals surface area contributed by atoms with Crippen LogP contribution in [0.15, 0.2) is 48.8 Å². The van der Waals surface area contributed by atoms with Crippen LogP contribution in [0.2, 0.25) is 0 Å². The second-order valence-corrected chi connectivity index (χ2v) is 8.51. The van der Waals surface area contributed by atoms with E-state index in [-0.39, 0.29) is 5.91 Å². The van der Waals surface area contributed by atoms with Gasteiger partial charge in [0.1, 0.15) is 6.54 Å². The molecule has 0 aliphatic heterocycles. The first-order chi connectivity index (χ1) is 16.6. The molecule has 1 N–H and O–H groups in total. The number of unbranched alkanes of at least 4 members (excludes halogenated alkanes) is 2. The monoisotopic (exact) mass is 468 g/mol. The minimum absolute atomic E-state index is 0.134. The van der Waals surface area contributed by atoms with E-state index < -0.39 is 0 Å². The number of hydrogen-bond acceptors (Lipinski definition) is 4. The fraction of sp³-hybridized carbons (Fsp3) is 0.500. The highest BCUT2D eigenvalue weighted by atomic mass is 16.5. The smallest absolute Gasteiger partial charge is 0.219 e. The van der Waals surface area contributed by atoms with E-state index in [1.165, 1.54) is 16.8 Å². The number of amides is 1. The van der Waals surface area contributed by atoms with Gasteiger partial charge in [-0.3, -0.25) is 4.79 Å². The minimum Gasteiger partial charge on any atom is -0.379 e. The van der Waals surface area contributed by atoms with Crippen LogP contribution in [-0.2, 0) is 20.8 Å². The number of aromatic nitrogens is 1. The lowest BCUT2D eigenvalue weighted by Gasteiger charge is -2.11. The number of nitrogens with one attached hydrogen (secondary N) is 1. The Morgan fingerprint density at radius 2 is 1.56 bits per heavy atom. The van der Waals surface area contributed by atoms with Crippen molar-refractivity contribution in [3.05, 3.63) is 59.9 Å². The highest BCUT2D eigenvalue weighted by Gasteiger charge is 2.03. The second-order valence-electron chi connectivity index (χ2n) is 8.51. The van der Waals surface area contributed by atoms with E-state index in [4.69, 9.17) is 9.47 Å². The van der Waals surface area contributed by atoms with E-state index in [2.05, 4.69) is 75.7 Å². The summed E-state index contributed by atoms with van der Waals surface area (Å²) in [7, 11) is 4.10. The van der Waals surface area contributed by atoms with Crippen LogP contribution >= 0.6 is 0 Å². The number of rotatable bonds is 17. The Hall–Kier alpha value is -2.70. The molecule has 6 heteroatoms. The Kier molecular flexibility index (Phi) is 13.6. The molecule has 0 aliphatic carbocycles. The molecule has 1 aromatic heterocycles. The van der Waals surface area contributed by atoms with Gasteiger partial charge in [-0.2, -0.15) is 0 Å². The van der Waals surface area contributed by atoms with Crippen molar-refractivity contribution < 1.29 is 18.8 Å². The maximum atomic E-state index is 11.9. The van der Waals surface area contributed by atoms with Crippen LogP contribution in [0.3, 0.4) is 0 Å². The maximum absolute atomic E-state index is 11.9. The molecule has 0 bridgehead atoms.